The van der Waals surface area contributed by atoms with Crippen molar-refractivity contribution in [3.63, 3.8) is 0 Å². The minimum absolute atomic E-state index is 0.0863. The van der Waals surface area contributed by atoms with Crippen molar-refractivity contribution in [3.05, 3.63) is 48.1 Å². The Kier molecular flexibility index (Phi) is 5.76. The predicted molar refractivity (Wildman–Crippen MR) is 94.4 cm³/mol. The number of aliphatic carboxylic acids is 2. The Morgan fingerprint density at radius 3 is 2.60 bits per heavy atom. The highest BCUT2D eigenvalue weighted by Gasteiger charge is 2.51. The SMILES string of the molecule is N[C@@H]1C(=O)N2C(C(=O)O)=C(C[n+]3ccn4ccccc43)CS[C@H]12.O=C([O-])C(F)(F)F. The molecule has 0 unspecified atom stereocenters. The number of carbonyl (C=O) groups excluding carboxylic acids is 2. The van der Waals surface area contributed by atoms with Gasteiger partial charge in [0.1, 0.15) is 42.0 Å². The summed E-state index contributed by atoms with van der Waals surface area (Å²) in [5.41, 5.74) is 7.53. The van der Waals surface area contributed by atoms with E-state index in [1.165, 1.54) is 16.7 Å². The predicted octanol–water partition coefficient (Wildman–Crippen LogP) is -0.893. The van der Waals surface area contributed by atoms with E-state index in [9.17, 15) is 27.9 Å². The number of carbonyl (C=O) groups is 3. The van der Waals surface area contributed by atoms with Crippen LogP contribution in [0.15, 0.2) is 48.1 Å². The number of alkyl halides is 3. The Bertz CT molecular complexity index is 1050. The van der Waals surface area contributed by atoms with Crippen molar-refractivity contribution in [3.8, 4) is 0 Å². The zero-order valence-electron chi connectivity index (χ0n) is 15.1. The third-order valence-corrected chi connectivity index (χ3v) is 5.81. The molecule has 30 heavy (non-hydrogen) atoms. The van der Waals surface area contributed by atoms with Crippen LogP contribution in [0.1, 0.15) is 0 Å². The molecule has 2 aromatic heterocycles. The molecule has 1 fully saturated rings. The highest BCUT2D eigenvalue weighted by atomic mass is 32.2. The van der Waals surface area contributed by atoms with Gasteiger partial charge in [-0.05, 0) is 6.07 Å². The van der Waals surface area contributed by atoms with Crippen LogP contribution in [-0.4, -0.2) is 55.6 Å². The van der Waals surface area contributed by atoms with E-state index in [1.54, 1.807) is 0 Å². The Morgan fingerprint density at radius 1 is 1.33 bits per heavy atom. The van der Waals surface area contributed by atoms with Crippen molar-refractivity contribution < 1.29 is 42.3 Å². The van der Waals surface area contributed by atoms with Gasteiger partial charge >= 0.3 is 12.1 Å². The van der Waals surface area contributed by atoms with Crippen LogP contribution >= 0.6 is 11.8 Å². The van der Waals surface area contributed by atoms with Crippen molar-refractivity contribution >= 4 is 35.3 Å². The van der Waals surface area contributed by atoms with Gasteiger partial charge in [-0.15, -0.1) is 11.8 Å². The Morgan fingerprint density at radius 2 is 2.00 bits per heavy atom. The number of aromatic nitrogens is 2. The number of amides is 1. The third kappa shape index (κ3) is 3.98. The minimum Gasteiger partial charge on any atom is -0.542 e. The molecule has 2 aliphatic heterocycles. The lowest BCUT2D eigenvalue weighted by Crippen LogP contribution is -2.68. The normalized spacial score (nSPS) is 20.9. The zero-order valence-corrected chi connectivity index (χ0v) is 15.9. The first kappa shape index (κ1) is 21.6. The van der Waals surface area contributed by atoms with E-state index in [0.29, 0.717) is 12.3 Å². The fraction of sp³-hybridized carbons (Fsp3) is 0.294. The van der Waals surface area contributed by atoms with E-state index in [4.69, 9.17) is 15.6 Å². The van der Waals surface area contributed by atoms with Crippen LogP contribution in [0.25, 0.3) is 5.65 Å². The molecule has 0 bridgehead atoms. The van der Waals surface area contributed by atoms with Crippen LogP contribution in [-0.2, 0) is 20.9 Å². The molecule has 4 rings (SSSR count). The average Bonchev–Trinajstić information content (AvgIpc) is 3.09. The van der Waals surface area contributed by atoms with E-state index in [-0.39, 0.29) is 17.0 Å². The van der Waals surface area contributed by atoms with Gasteiger partial charge in [-0.1, -0.05) is 6.07 Å². The van der Waals surface area contributed by atoms with Crippen molar-refractivity contribution in [2.75, 3.05) is 5.75 Å². The molecule has 1 amide bonds. The number of hydrogen-bond acceptors (Lipinski definition) is 6. The molecular formula is C17H15F3N4O5S. The lowest BCUT2D eigenvalue weighted by molar-refractivity contribution is -0.662. The molecule has 2 aliphatic rings. The topological polar surface area (TPSA) is 132 Å². The first-order valence-electron chi connectivity index (χ1n) is 8.41. The molecule has 9 nitrogen and oxygen atoms in total. The van der Waals surface area contributed by atoms with E-state index in [2.05, 4.69) is 0 Å². The number of β-lactam (4-membered cyclic amide) rings is 1. The molecule has 2 aromatic rings. The third-order valence-electron chi connectivity index (χ3n) is 4.45. The van der Waals surface area contributed by atoms with Crippen LogP contribution in [0.4, 0.5) is 13.2 Å². The van der Waals surface area contributed by atoms with E-state index < -0.39 is 24.2 Å². The summed E-state index contributed by atoms with van der Waals surface area (Å²) in [6.07, 6.45) is 0.560. The highest BCUT2D eigenvalue weighted by molar-refractivity contribution is 8.00. The number of nitrogens with two attached hydrogens (primary N) is 1. The lowest BCUT2D eigenvalue weighted by Gasteiger charge is -2.47. The standard InChI is InChI=1S/C15H14N4O3S.C2HF3O2/c16-11-13(20)19-12(15(21)22)9(8-23-14(11)19)7-18-6-5-17-4-2-1-3-10(17)18;3-2(4,5)1(6)7/h1-6,11,14H,7-8,16H2;(H,6,7)/t11-,14-;/m1./s1. The molecule has 160 valence electrons. The van der Waals surface area contributed by atoms with Gasteiger partial charge < -0.3 is 20.7 Å². The fourth-order valence-corrected chi connectivity index (χ4v) is 4.37. The van der Waals surface area contributed by atoms with Gasteiger partial charge in [0.2, 0.25) is 5.91 Å². The average molecular weight is 444 g/mol. The summed E-state index contributed by atoms with van der Waals surface area (Å²) in [6.45, 7) is 0.431. The first-order valence-corrected chi connectivity index (χ1v) is 9.46. The van der Waals surface area contributed by atoms with Crippen LogP contribution in [0.5, 0.6) is 0 Å². The van der Waals surface area contributed by atoms with Gasteiger partial charge in [0.15, 0.2) is 0 Å². The minimum atomic E-state index is -5.19. The molecule has 1 saturated heterocycles. The number of hydrogen-bond donors (Lipinski definition) is 2. The monoisotopic (exact) mass is 444 g/mol. The number of imidazole rings is 1. The maximum absolute atomic E-state index is 12.0. The molecule has 0 aromatic carbocycles. The molecule has 4 heterocycles. The summed E-state index contributed by atoms with van der Waals surface area (Å²) in [7, 11) is 0. The summed E-state index contributed by atoms with van der Waals surface area (Å²) in [5, 5.41) is 18.1. The summed E-state index contributed by atoms with van der Waals surface area (Å²) in [5.74, 6) is -3.84. The summed E-state index contributed by atoms with van der Waals surface area (Å²) >= 11 is 1.52. The number of carboxylic acids is 2. The second-order valence-corrected chi connectivity index (χ2v) is 7.48. The van der Waals surface area contributed by atoms with Crippen molar-refractivity contribution in [2.45, 2.75) is 24.1 Å². The van der Waals surface area contributed by atoms with Gasteiger partial charge in [-0.2, -0.15) is 13.2 Å². The van der Waals surface area contributed by atoms with E-state index in [1.807, 2.05) is 45.8 Å². The van der Waals surface area contributed by atoms with Crippen molar-refractivity contribution in [2.24, 2.45) is 5.73 Å². The number of pyridine rings is 1. The van der Waals surface area contributed by atoms with Crippen LogP contribution in [0.3, 0.4) is 0 Å². The smallest absolute Gasteiger partial charge is 0.430 e. The quantitative estimate of drug-likeness (QED) is 0.464. The Balaban J connectivity index is 0.000000318. The Labute approximate surface area is 171 Å². The molecule has 13 heteroatoms. The van der Waals surface area contributed by atoms with Gasteiger partial charge in [0.05, 0.1) is 6.20 Å². The Hall–Kier alpha value is -3.06. The van der Waals surface area contributed by atoms with Gasteiger partial charge in [-0.3, -0.25) is 9.69 Å². The van der Waals surface area contributed by atoms with E-state index in [0.717, 1.165) is 11.2 Å². The summed E-state index contributed by atoms with van der Waals surface area (Å²) < 4.78 is 35.5. The van der Waals surface area contributed by atoms with Crippen LogP contribution in [0, 0.1) is 0 Å². The number of halogens is 3. The van der Waals surface area contributed by atoms with E-state index >= 15 is 0 Å². The maximum Gasteiger partial charge on any atom is 0.430 e. The fourth-order valence-electron chi connectivity index (χ4n) is 3.09. The highest BCUT2D eigenvalue weighted by Crippen LogP contribution is 2.39. The van der Waals surface area contributed by atoms with Gasteiger partial charge in [0.25, 0.3) is 5.65 Å². The molecule has 0 spiro atoms. The molecule has 3 N–H and O–H groups in total. The van der Waals surface area contributed by atoms with Crippen LogP contribution < -0.4 is 15.4 Å². The summed E-state index contributed by atoms with van der Waals surface area (Å²) in [4.78, 5) is 33.7. The number of fused-ring (bicyclic) bond motifs is 2. The molecular weight excluding hydrogens is 429 g/mol. The molecule has 0 aliphatic carbocycles. The largest absolute Gasteiger partial charge is 0.542 e. The van der Waals surface area contributed by atoms with Crippen LogP contribution in [0.2, 0.25) is 0 Å². The van der Waals surface area contributed by atoms with Crippen molar-refractivity contribution in [1.82, 2.24) is 9.30 Å². The maximum atomic E-state index is 12.0. The first-order chi connectivity index (χ1) is 14.0. The second-order valence-electron chi connectivity index (χ2n) is 6.37. The number of nitrogens with zero attached hydrogens (tertiary/aromatic N) is 3. The van der Waals surface area contributed by atoms with Crippen molar-refractivity contribution in [1.29, 1.82) is 0 Å². The number of carboxylic acid groups (broad SMARTS) is 2. The van der Waals surface area contributed by atoms with Gasteiger partial charge in [-0.25, -0.2) is 13.8 Å². The number of rotatable bonds is 3. The second kappa shape index (κ2) is 7.99. The van der Waals surface area contributed by atoms with Gasteiger partial charge in [0, 0.05) is 17.4 Å². The molecule has 0 saturated carbocycles. The lowest BCUT2D eigenvalue weighted by atomic mass is 10.0. The molecule has 2 atom stereocenters. The molecule has 0 radical (unpaired) electrons. The number of thioether (sulfide) groups is 1. The summed E-state index contributed by atoms with van der Waals surface area (Å²) in [6, 6.07) is 5.23. The zero-order chi connectivity index (χ0) is 22.2.